The molecule has 1 aromatic heterocycles. The maximum absolute atomic E-state index is 12.7. The molecule has 0 radical (unpaired) electrons. The molecule has 26 heavy (non-hydrogen) atoms. The van der Waals surface area contributed by atoms with Gasteiger partial charge in [-0.15, -0.1) is 0 Å². The van der Waals surface area contributed by atoms with Crippen molar-refractivity contribution in [2.24, 2.45) is 10.7 Å². The van der Waals surface area contributed by atoms with Crippen molar-refractivity contribution in [3.05, 3.63) is 51.9 Å². The minimum atomic E-state index is -4.80. The van der Waals surface area contributed by atoms with Crippen LogP contribution in [0.25, 0.3) is 0 Å². The molecule has 1 heterocycles. The van der Waals surface area contributed by atoms with Crippen molar-refractivity contribution in [1.29, 1.82) is 0 Å². The molecule has 0 saturated carbocycles. The van der Waals surface area contributed by atoms with Crippen LogP contribution in [0.4, 0.5) is 24.8 Å². The zero-order chi connectivity index (χ0) is 19.3. The van der Waals surface area contributed by atoms with E-state index in [0.717, 1.165) is 0 Å². The summed E-state index contributed by atoms with van der Waals surface area (Å²) in [5, 5.41) is 2.58. The van der Waals surface area contributed by atoms with Gasteiger partial charge < -0.3 is 15.8 Å². The van der Waals surface area contributed by atoms with Crippen LogP contribution in [0.1, 0.15) is 23.0 Å². The monoisotopic (exact) mass is 369 g/mol. The second-order valence-corrected chi connectivity index (χ2v) is 4.88. The number of guanidine groups is 1. The number of carbonyl (C=O) groups is 1. The van der Waals surface area contributed by atoms with E-state index in [9.17, 15) is 22.8 Å². The van der Waals surface area contributed by atoms with E-state index < -0.39 is 29.3 Å². The van der Waals surface area contributed by atoms with Crippen LogP contribution in [0.2, 0.25) is 0 Å². The standard InChI is InChI=1S/C15H14F3N5O3/c1-2-26-12(25)8-4-3-5-9(6-8)20-13(19)23-14-21-10(15(16,17)18)7-11(24)22-14/h3-7H,2H2,1H3,(H4,19,20,21,22,23,24). The maximum Gasteiger partial charge on any atom is 0.433 e. The van der Waals surface area contributed by atoms with Crippen LogP contribution in [0.5, 0.6) is 0 Å². The van der Waals surface area contributed by atoms with Gasteiger partial charge in [0.1, 0.15) is 0 Å². The first-order valence-electron chi connectivity index (χ1n) is 7.26. The highest BCUT2D eigenvalue weighted by molar-refractivity contribution is 5.96. The molecule has 4 N–H and O–H groups in total. The first-order chi connectivity index (χ1) is 12.2. The lowest BCUT2D eigenvalue weighted by atomic mass is 10.2. The van der Waals surface area contributed by atoms with Crippen LogP contribution in [0.3, 0.4) is 0 Å². The minimum absolute atomic E-state index is 0.203. The number of aromatic nitrogens is 2. The Hall–Kier alpha value is -3.37. The summed E-state index contributed by atoms with van der Waals surface area (Å²) >= 11 is 0. The van der Waals surface area contributed by atoms with E-state index in [1.54, 1.807) is 19.1 Å². The molecular formula is C15H14F3N5O3. The fraction of sp³-hybridized carbons (Fsp3) is 0.200. The average Bonchev–Trinajstić information content (AvgIpc) is 2.53. The first-order valence-corrected chi connectivity index (χ1v) is 7.26. The molecule has 0 aliphatic rings. The molecule has 0 amide bonds. The Balaban J connectivity index is 2.24. The molecule has 8 nitrogen and oxygen atoms in total. The normalized spacial score (nSPS) is 11.9. The molecule has 0 saturated heterocycles. The van der Waals surface area contributed by atoms with Crippen LogP contribution in [0, 0.1) is 0 Å². The number of carbonyl (C=O) groups excluding carboxylic acids is 1. The Morgan fingerprint density at radius 2 is 2.12 bits per heavy atom. The van der Waals surface area contributed by atoms with Crippen LogP contribution in [-0.4, -0.2) is 28.5 Å². The van der Waals surface area contributed by atoms with Crippen LogP contribution in [0.15, 0.2) is 40.1 Å². The molecule has 138 valence electrons. The summed E-state index contributed by atoms with van der Waals surface area (Å²) in [4.78, 5) is 31.8. The Kier molecular flexibility index (Phi) is 5.60. The fourth-order valence-electron chi connectivity index (χ4n) is 1.87. The van der Waals surface area contributed by atoms with E-state index in [0.29, 0.717) is 11.8 Å². The van der Waals surface area contributed by atoms with Crippen LogP contribution >= 0.6 is 0 Å². The molecular weight excluding hydrogens is 355 g/mol. The molecule has 0 spiro atoms. The zero-order valence-electron chi connectivity index (χ0n) is 13.4. The number of rotatable bonds is 4. The SMILES string of the molecule is CCOC(=O)c1cccc(N/C(N)=N/c2nc(C(F)(F)F)cc(=O)[nH]2)c1. The largest absolute Gasteiger partial charge is 0.462 e. The Morgan fingerprint density at radius 3 is 2.77 bits per heavy atom. The van der Waals surface area contributed by atoms with Gasteiger partial charge in [-0.3, -0.25) is 9.78 Å². The van der Waals surface area contributed by atoms with Gasteiger partial charge in [-0.2, -0.15) is 18.2 Å². The number of anilines is 1. The molecule has 2 rings (SSSR count). The summed E-state index contributed by atoms with van der Waals surface area (Å²) in [5.41, 5.74) is 3.78. The maximum atomic E-state index is 12.7. The quantitative estimate of drug-likeness (QED) is 0.431. The van der Waals surface area contributed by atoms with Crippen molar-refractivity contribution in [3.63, 3.8) is 0 Å². The first kappa shape index (κ1) is 19.0. The van der Waals surface area contributed by atoms with Crippen LogP contribution < -0.4 is 16.6 Å². The summed E-state index contributed by atoms with van der Waals surface area (Å²) < 4.78 is 42.8. The molecule has 0 aliphatic heterocycles. The molecule has 2 aromatic rings. The third-order valence-corrected chi connectivity index (χ3v) is 2.89. The number of hydrogen-bond donors (Lipinski definition) is 3. The van der Waals surface area contributed by atoms with Gasteiger partial charge in [0, 0.05) is 11.8 Å². The predicted molar refractivity (Wildman–Crippen MR) is 87.2 cm³/mol. The topological polar surface area (TPSA) is 122 Å². The summed E-state index contributed by atoms with van der Waals surface area (Å²) in [7, 11) is 0. The van der Waals surface area contributed by atoms with E-state index in [2.05, 4.69) is 15.3 Å². The number of ether oxygens (including phenoxy) is 1. The van der Waals surface area contributed by atoms with Gasteiger partial charge in [0.05, 0.1) is 12.2 Å². The van der Waals surface area contributed by atoms with E-state index in [-0.39, 0.29) is 18.1 Å². The number of hydrogen-bond acceptors (Lipinski definition) is 5. The summed E-state index contributed by atoms with van der Waals surface area (Å²) in [6.45, 7) is 1.86. The molecule has 1 aromatic carbocycles. The third kappa shape index (κ3) is 5.06. The van der Waals surface area contributed by atoms with E-state index in [1.807, 2.05) is 4.98 Å². The Bertz CT molecular complexity index is 893. The number of aromatic amines is 1. The smallest absolute Gasteiger partial charge is 0.433 e. The highest BCUT2D eigenvalue weighted by Crippen LogP contribution is 2.27. The summed E-state index contributed by atoms with van der Waals surface area (Å²) in [5.74, 6) is -1.50. The molecule has 0 aliphatic carbocycles. The molecule has 0 unspecified atom stereocenters. The minimum Gasteiger partial charge on any atom is -0.462 e. The highest BCUT2D eigenvalue weighted by Gasteiger charge is 2.33. The van der Waals surface area contributed by atoms with Gasteiger partial charge in [0.15, 0.2) is 5.69 Å². The average molecular weight is 369 g/mol. The Morgan fingerprint density at radius 1 is 1.38 bits per heavy atom. The van der Waals surface area contributed by atoms with Crippen molar-refractivity contribution < 1.29 is 22.7 Å². The number of esters is 1. The molecule has 0 fully saturated rings. The molecule has 0 bridgehead atoms. The van der Waals surface area contributed by atoms with Gasteiger partial charge in [0.2, 0.25) is 11.9 Å². The number of nitrogens with one attached hydrogen (secondary N) is 2. The van der Waals surface area contributed by atoms with Crippen molar-refractivity contribution >= 4 is 23.6 Å². The number of halogens is 3. The van der Waals surface area contributed by atoms with E-state index in [4.69, 9.17) is 10.5 Å². The number of nitrogens with zero attached hydrogens (tertiary/aromatic N) is 2. The van der Waals surface area contributed by atoms with E-state index >= 15 is 0 Å². The lowest BCUT2D eigenvalue weighted by Gasteiger charge is -2.08. The summed E-state index contributed by atoms with van der Waals surface area (Å²) in [6, 6.07) is 6.34. The third-order valence-electron chi connectivity index (χ3n) is 2.89. The van der Waals surface area contributed by atoms with Gasteiger partial charge in [-0.25, -0.2) is 9.78 Å². The highest BCUT2D eigenvalue weighted by atomic mass is 19.4. The van der Waals surface area contributed by atoms with E-state index in [1.165, 1.54) is 12.1 Å². The number of alkyl halides is 3. The molecule has 11 heteroatoms. The Labute approximate surface area is 144 Å². The number of benzene rings is 1. The second kappa shape index (κ2) is 7.68. The van der Waals surface area contributed by atoms with Gasteiger partial charge in [0.25, 0.3) is 5.56 Å². The zero-order valence-corrected chi connectivity index (χ0v) is 13.4. The van der Waals surface area contributed by atoms with Crippen molar-refractivity contribution in [1.82, 2.24) is 9.97 Å². The van der Waals surface area contributed by atoms with Gasteiger partial charge >= 0.3 is 12.1 Å². The van der Waals surface area contributed by atoms with Crippen molar-refractivity contribution in [3.8, 4) is 0 Å². The summed E-state index contributed by atoms with van der Waals surface area (Å²) in [6.07, 6.45) is -4.80. The number of H-pyrrole nitrogens is 1. The van der Waals surface area contributed by atoms with Crippen molar-refractivity contribution in [2.45, 2.75) is 13.1 Å². The number of aliphatic imine (C=N–C) groups is 1. The molecule has 0 atom stereocenters. The van der Waals surface area contributed by atoms with Gasteiger partial charge in [-0.1, -0.05) is 6.07 Å². The van der Waals surface area contributed by atoms with Crippen molar-refractivity contribution in [2.75, 3.05) is 11.9 Å². The lowest BCUT2D eigenvalue weighted by Crippen LogP contribution is -2.23. The second-order valence-electron chi connectivity index (χ2n) is 4.88. The van der Waals surface area contributed by atoms with Gasteiger partial charge in [-0.05, 0) is 25.1 Å². The number of nitrogens with two attached hydrogens (primary N) is 1. The predicted octanol–water partition coefficient (Wildman–Crippen LogP) is 2.02. The fourth-order valence-corrected chi connectivity index (χ4v) is 1.87. The van der Waals surface area contributed by atoms with Crippen LogP contribution in [-0.2, 0) is 10.9 Å². The lowest BCUT2D eigenvalue weighted by molar-refractivity contribution is -0.141.